The third-order valence-electron chi connectivity index (χ3n) is 2.26. The molecule has 1 aromatic carbocycles. The highest BCUT2D eigenvalue weighted by Crippen LogP contribution is 2.30. The molecule has 0 aliphatic rings. The van der Waals surface area contributed by atoms with Gasteiger partial charge in [-0.05, 0) is 43.1 Å². The number of aryl methyl sites for hydroxylation is 1. The summed E-state index contributed by atoms with van der Waals surface area (Å²) in [4.78, 5) is 0. The summed E-state index contributed by atoms with van der Waals surface area (Å²) >= 11 is 0. The van der Waals surface area contributed by atoms with E-state index in [-0.39, 0.29) is 0 Å². The van der Waals surface area contributed by atoms with Gasteiger partial charge in [-0.25, -0.2) is 0 Å². The summed E-state index contributed by atoms with van der Waals surface area (Å²) in [6.45, 7) is 2.70. The Kier molecular flexibility index (Phi) is 3.77. The van der Waals surface area contributed by atoms with Gasteiger partial charge in [0.1, 0.15) is 0 Å². The summed E-state index contributed by atoms with van der Waals surface area (Å²) in [6, 6.07) is 3.96. The van der Waals surface area contributed by atoms with Crippen molar-refractivity contribution in [3.8, 4) is 11.5 Å². The molecule has 0 bridgehead atoms. The predicted molar refractivity (Wildman–Crippen MR) is 57.0 cm³/mol. The minimum Gasteiger partial charge on any atom is -0.493 e. The van der Waals surface area contributed by atoms with Crippen LogP contribution in [0.3, 0.4) is 0 Å². The minimum atomic E-state index is 0.649. The van der Waals surface area contributed by atoms with Crippen molar-refractivity contribution in [1.29, 1.82) is 0 Å². The molecule has 0 aliphatic carbocycles. The molecule has 0 aromatic heterocycles. The number of hydrogen-bond donors (Lipinski definition) is 1. The maximum absolute atomic E-state index is 5.52. The van der Waals surface area contributed by atoms with Crippen molar-refractivity contribution in [3.05, 3.63) is 23.3 Å². The lowest BCUT2D eigenvalue weighted by Gasteiger charge is -2.11. The molecule has 0 aliphatic heterocycles. The van der Waals surface area contributed by atoms with Crippen molar-refractivity contribution in [2.45, 2.75) is 13.3 Å². The van der Waals surface area contributed by atoms with E-state index in [4.69, 9.17) is 15.2 Å². The van der Waals surface area contributed by atoms with Crippen LogP contribution >= 0.6 is 0 Å². The SMILES string of the molecule is COc1cc(C)c(CCN)cc1OC. The molecule has 0 amide bonds. The standard InChI is InChI=1S/C11H17NO2/c1-8-6-10(13-2)11(14-3)7-9(8)4-5-12/h6-7H,4-5,12H2,1-3H3. The van der Waals surface area contributed by atoms with E-state index >= 15 is 0 Å². The van der Waals surface area contributed by atoms with E-state index in [1.54, 1.807) is 14.2 Å². The third-order valence-corrected chi connectivity index (χ3v) is 2.26. The molecule has 0 spiro atoms. The van der Waals surface area contributed by atoms with E-state index in [9.17, 15) is 0 Å². The molecule has 3 nitrogen and oxygen atoms in total. The molecule has 0 fully saturated rings. The number of nitrogens with two attached hydrogens (primary N) is 1. The van der Waals surface area contributed by atoms with Gasteiger partial charge in [0.25, 0.3) is 0 Å². The molecule has 14 heavy (non-hydrogen) atoms. The van der Waals surface area contributed by atoms with Gasteiger partial charge in [0.2, 0.25) is 0 Å². The molecule has 78 valence electrons. The number of ether oxygens (including phenoxy) is 2. The second-order valence-corrected chi connectivity index (χ2v) is 3.17. The fraction of sp³-hybridized carbons (Fsp3) is 0.455. The quantitative estimate of drug-likeness (QED) is 0.792. The molecule has 0 atom stereocenters. The fourth-order valence-corrected chi connectivity index (χ4v) is 1.45. The highest BCUT2D eigenvalue weighted by Gasteiger charge is 2.07. The topological polar surface area (TPSA) is 44.5 Å². The first kappa shape index (κ1) is 10.9. The van der Waals surface area contributed by atoms with E-state index in [0.717, 1.165) is 17.9 Å². The molecule has 0 saturated heterocycles. The van der Waals surface area contributed by atoms with Crippen LogP contribution in [0.1, 0.15) is 11.1 Å². The first-order valence-electron chi connectivity index (χ1n) is 4.64. The average molecular weight is 195 g/mol. The largest absolute Gasteiger partial charge is 0.493 e. The highest BCUT2D eigenvalue weighted by molar-refractivity contribution is 5.47. The van der Waals surface area contributed by atoms with Gasteiger partial charge >= 0.3 is 0 Å². The monoisotopic (exact) mass is 195 g/mol. The molecule has 3 heteroatoms. The van der Waals surface area contributed by atoms with Crippen LogP contribution in [0.15, 0.2) is 12.1 Å². The number of rotatable bonds is 4. The van der Waals surface area contributed by atoms with E-state index < -0.39 is 0 Å². The van der Waals surface area contributed by atoms with Gasteiger partial charge in [-0.1, -0.05) is 0 Å². The maximum atomic E-state index is 5.52. The Labute approximate surface area is 84.8 Å². The van der Waals surface area contributed by atoms with Crippen LogP contribution in [0.25, 0.3) is 0 Å². The fourth-order valence-electron chi connectivity index (χ4n) is 1.45. The molecule has 1 aromatic rings. The van der Waals surface area contributed by atoms with E-state index in [0.29, 0.717) is 6.54 Å². The van der Waals surface area contributed by atoms with Crippen molar-refractivity contribution >= 4 is 0 Å². The molecule has 0 radical (unpaired) electrons. The van der Waals surface area contributed by atoms with Gasteiger partial charge in [0.05, 0.1) is 14.2 Å². The second kappa shape index (κ2) is 4.86. The van der Waals surface area contributed by atoms with E-state index in [1.807, 2.05) is 19.1 Å². The Bertz CT molecular complexity index is 310. The van der Waals surface area contributed by atoms with Gasteiger partial charge in [-0.2, -0.15) is 0 Å². The first-order chi connectivity index (χ1) is 6.72. The Morgan fingerprint density at radius 2 is 1.71 bits per heavy atom. The summed E-state index contributed by atoms with van der Waals surface area (Å²) in [5.41, 5.74) is 7.92. The summed E-state index contributed by atoms with van der Waals surface area (Å²) < 4.78 is 10.4. The lowest BCUT2D eigenvalue weighted by atomic mass is 10.0. The maximum Gasteiger partial charge on any atom is 0.161 e. The summed E-state index contributed by atoms with van der Waals surface area (Å²) in [5.74, 6) is 1.53. The molecule has 0 heterocycles. The number of benzene rings is 1. The molecule has 2 N–H and O–H groups in total. The van der Waals surface area contributed by atoms with Gasteiger partial charge in [-0.15, -0.1) is 0 Å². The van der Waals surface area contributed by atoms with Crippen LogP contribution in [0.4, 0.5) is 0 Å². The molecular weight excluding hydrogens is 178 g/mol. The van der Waals surface area contributed by atoms with Crippen molar-refractivity contribution < 1.29 is 9.47 Å². The minimum absolute atomic E-state index is 0.649. The van der Waals surface area contributed by atoms with E-state index in [2.05, 4.69) is 0 Å². The lowest BCUT2D eigenvalue weighted by Crippen LogP contribution is -2.05. The normalized spacial score (nSPS) is 10.0. The van der Waals surface area contributed by atoms with Gasteiger partial charge < -0.3 is 15.2 Å². The zero-order valence-corrected chi connectivity index (χ0v) is 8.96. The summed E-state index contributed by atoms with van der Waals surface area (Å²) in [6.07, 6.45) is 0.867. The first-order valence-corrected chi connectivity index (χ1v) is 4.64. The van der Waals surface area contributed by atoms with Gasteiger partial charge in [0, 0.05) is 0 Å². The van der Waals surface area contributed by atoms with E-state index in [1.165, 1.54) is 11.1 Å². The number of methoxy groups -OCH3 is 2. The number of hydrogen-bond acceptors (Lipinski definition) is 3. The zero-order valence-electron chi connectivity index (χ0n) is 8.96. The van der Waals surface area contributed by atoms with Crippen molar-refractivity contribution in [3.63, 3.8) is 0 Å². The van der Waals surface area contributed by atoms with Crippen LogP contribution in [-0.2, 0) is 6.42 Å². The van der Waals surface area contributed by atoms with Gasteiger partial charge in [0.15, 0.2) is 11.5 Å². The summed E-state index contributed by atoms with van der Waals surface area (Å²) in [7, 11) is 3.28. The van der Waals surface area contributed by atoms with Gasteiger partial charge in [-0.3, -0.25) is 0 Å². The van der Waals surface area contributed by atoms with Crippen LogP contribution < -0.4 is 15.2 Å². The Balaban J connectivity index is 3.09. The summed E-state index contributed by atoms with van der Waals surface area (Å²) in [5, 5.41) is 0. The van der Waals surface area contributed by atoms with Crippen LogP contribution in [0, 0.1) is 6.92 Å². The molecule has 1 rings (SSSR count). The average Bonchev–Trinajstić information content (AvgIpc) is 2.20. The molecule has 0 unspecified atom stereocenters. The predicted octanol–water partition coefficient (Wildman–Crippen LogP) is 1.51. The van der Waals surface area contributed by atoms with Crippen LogP contribution in [-0.4, -0.2) is 20.8 Å². The smallest absolute Gasteiger partial charge is 0.161 e. The second-order valence-electron chi connectivity index (χ2n) is 3.17. The molecule has 0 saturated carbocycles. The van der Waals surface area contributed by atoms with Crippen LogP contribution in [0.2, 0.25) is 0 Å². The Hall–Kier alpha value is -1.22. The van der Waals surface area contributed by atoms with Crippen molar-refractivity contribution in [1.82, 2.24) is 0 Å². The lowest BCUT2D eigenvalue weighted by molar-refractivity contribution is 0.354. The Morgan fingerprint density at radius 1 is 1.14 bits per heavy atom. The molecular formula is C11H17NO2. The zero-order chi connectivity index (χ0) is 10.6. The Morgan fingerprint density at radius 3 is 2.21 bits per heavy atom. The van der Waals surface area contributed by atoms with Crippen molar-refractivity contribution in [2.24, 2.45) is 5.73 Å². The third kappa shape index (κ3) is 2.17. The van der Waals surface area contributed by atoms with Crippen LogP contribution in [0.5, 0.6) is 11.5 Å². The van der Waals surface area contributed by atoms with Crippen molar-refractivity contribution in [2.75, 3.05) is 20.8 Å². The highest BCUT2D eigenvalue weighted by atomic mass is 16.5.